The van der Waals surface area contributed by atoms with Gasteiger partial charge >= 0.3 is 0 Å². The van der Waals surface area contributed by atoms with Crippen molar-refractivity contribution in [2.45, 2.75) is 65.5 Å². The highest BCUT2D eigenvalue weighted by atomic mass is 16.5. The van der Waals surface area contributed by atoms with Crippen LogP contribution in [-0.2, 0) is 13.0 Å². The Hall–Kier alpha value is -1.06. The van der Waals surface area contributed by atoms with Gasteiger partial charge in [-0.1, -0.05) is 19.4 Å². The molecule has 134 valence electrons. The van der Waals surface area contributed by atoms with Gasteiger partial charge in [0.1, 0.15) is 5.75 Å². The zero-order valence-electron chi connectivity index (χ0n) is 15.8. The van der Waals surface area contributed by atoms with Crippen LogP contribution in [0.3, 0.4) is 0 Å². The molecule has 1 atom stereocenters. The van der Waals surface area contributed by atoms with E-state index in [4.69, 9.17) is 4.74 Å². The number of ether oxygens (including phenoxy) is 1. The van der Waals surface area contributed by atoms with Crippen LogP contribution in [-0.4, -0.2) is 42.6 Å². The maximum absolute atomic E-state index is 6.04. The van der Waals surface area contributed by atoms with Crippen LogP contribution in [0.25, 0.3) is 0 Å². The molecule has 0 radical (unpaired) electrons. The third-order valence-electron chi connectivity index (χ3n) is 5.64. The van der Waals surface area contributed by atoms with Crippen LogP contribution in [0.5, 0.6) is 5.75 Å². The summed E-state index contributed by atoms with van der Waals surface area (Å²) in [5, 5.41) is 0. The minimum Gasteiger partial charge on any atom is -0.494 e. The molecule has 1 aromatic rings. The van der Waals surface area contributed by atoms with Crippen LogP contribution in [0, 0.1) is 0 Å². The molecule has 2 heterocycles. The van der Waals surface area contributed by atoms with Crippen LogP contribution in [0.4, 0.5) is 0 Å². The van der Waals surface area contributed by atoms with Crippen molar-refractivity contribution in [2.24, 2.45) is 0 Å². The van der Waals surface area contributed by atoms with Crippen LogP contribution < -0.4 is 4.74 Å². The largest absolute Gasteiger partial charge is 0.494 e. The van der Waals surface area contributed by atoms with Gasteiger partial charge in [0.15, 0.2) is 0 Å². The molecule has 0 amide bonds. The van der Waals surface area contributed by atoms with Crippen LogP contribution in [0.1, 0.15) is 69.2 Å². The minimum atomic E-state index is 0.511. The Balaban J connectivity index is 1.84. The Morgan fingerprint density at radius 3 is 2.58 bits per heavy atom. The van der Waals surface area contributed by atoms with Crippen molar-refractivity contribution in [1.29, 1.82) is 0 Å². The average Bonchev–Trinajstić information content (AvgIpc) is 2.60. The highest BCUT2D eigenvalue weighted by Gasteiger charge is 2.25. The molecule has 3 rings (SSSR count). The highest BCUT2D eigenvalue weighted by molar-refractivity contribution is 5.45. The van der Waals surface area contributed by atoms with Crippen molar-refractivity contribution < 1.29 is 4.74 Å². The molecule has 3 nitrogen and oxygen atoms in total. The van der Waals surface area contributed by atoms with Gasteiger partial charge in [-0.3, -0.25) is 9.80 Å². The Morgan fingerprint density at radius 1 is 1.08 bits per heavy atom. The topological polar surface area (TPSA) is 15.7 Å². The van der Waals surface area contributed by atoms with Gasteiger partial charge in [-0.05, 0) is 76.4 Å². The first-order chi connectivity index (χ1) is 11.7. The second-order valence-electron chi connectivity index (χ2n) is 7.39. The molecule has 0 saturated carbocycles. The first-order valence-electron chi connectivity index (χ1n) is 9.97. The number of nitrogens with zero attached hydrogens (tertiary/aromatic N) is 2. The second kappa shape index (κ2) is 8.35. The van der Waals surface area contributed by atoms with Gasteiger partial charge in [-0.15, -0.1) is 0 Å². The Bertz CT molecular complexity index is 537. The van der Waals surface area contributed by atoms with Crippen molar-refractivity contribution in [1.82, 2.24) is 9.80 Å². The lowest BCUT2D eigenvalue weighted by atomic mass is 9.91. The summed E-state index contributed by atoms with van der Waals surface area (Å²) in [6, 6.07) is 5.32. The van der Waals surface area contributed by atoms with Gasteiger partial charge in [0.05, 0.1) is 6.61 Å². The maximum atomic E-state index is 6.04. The Morgan fingerprint density at radius 2 is 1.88 bits per heavy atom. The van der Waals surface area contributed by atoms with Crippen molar-refractivity contribution in [3.8, 4) is 5.75 Å². The average molecular weight is 331 g/mol. The lowest BCUT2D eigenvalue weighted by Crippen LogP contribution is -2.35. The van der Waals surface area contributed by atoms with Crippen molar-refractivity contribution in [3.63, 3.8) is 0 Å². The summed E-state index contributed by atoms with van der Waals surface area (Å²) in [6.07, 6.45) is 6.49. The molecule has 0 spiro atoms. The number of likely N-dealkylation sites (tertiary alicyclic amines) is 1. The maximum Gasteiger partial charge on any atom is 0.124 e. The normalized spacial score (nSPS) is 22.4. The van der Waals surface area contributed by atoms with E-state index in [-0.39, 0.29) is 0 Å². The molecule has 0 aliphatic carbocycles. The summed E-state index contributed by atoms with van der Waals surface area (Å²) in [5.74, 6) is 1.12. The number of fused-ring (bicyclic) bond motifs is 1. The molecule has 24 heavy (non-hydrogen) atoms. The summed E-state index contributed by atoms with van der Waals surface area (Å²) in [4.78, 5) is 5.21. The molecule has 1 saturated heterocycles. The van der Waals surface area contributed by atoms with Gasteiger partial charge in [0.25, 0.3) is 0 Å². The van der Waals surface area contributed by atoms with Gasteiger partial charge < -0.3 is 4.74 Å². The van der Waals surface area contributed by atoms with E-state index in [0.29, 0.717) is 6.04 Å². The number of hydrogen-bond donors (Lipinski definition) is 0. The molecule has 1 aromatic carbocycles. The fourth-order valence-electron chi connectivity index (χ4n) is 4.32. The second-order valence-corrected chi connectivity index (χ2v) is 7.39. The third-order valence-corrected chi connectivity index (χ3v) is 5.64. The smallest absolute Gasteiger partial charge is 0.124 e. The SMILES string of the molecule is CCCN1CCc2cc(CN3CCCCC3)c(OCC)cc2C1C. The van der Waals surface area contributed by atoms with E-state index >= 15 is 0 Å². The molecule has 3 heteroatoms. The first kappa shape index (κ1) is 17.8. The van der Waals surface area contributed by atoms with E-state index < -0.39 is 0 Å². The van der Waals surface area contributed by atoms with E-state index in [9.17, 15) is 0 Å². The Kier molecular flexibility index (Phi) is 6.18. The van der Waals surface area contributed by atoms with Gasteiger partial charge in [-0.25, -0.2) is 0 Å². The van der Waals surface area contributed by atoms with E-state index in [1.54, 1.807) is 5.56 Å². The predicted octanol–water partition coefficient (Wildman–Crippen LogP) is 4.40. The number of rotatable bonds is 6. The number of piperidine rings is 1. The zero-order chi connectivity index (χ0) is 16.9. The molecule has 2 aliphatic heterocycles. The third kappa shape index (κ3) is 3.94. The summed E-state index contributed by atoms with van der Waals surface area (Å²) in [6.45, 7) is 13.4. The molecule has 1 unspecified atom stereocenters. The first-order valence-corrected chi connectivity index (χ1v) is 9.97. The van der Waals surface area contributed by atoms with Gasteiger partial charge in [0, 0.05) is 24.7 Å². The molecule has 0 N–H and O–H groups in total. The van der Waals surface area contributed by atoms with Crippen LogP contribution >= 0.6 is 0 Å². The molecule has 0 aromatic heterocycles. The summed E-state index contributed by atoms with van der Waals surface area (Å²) in [5.41, 5.74) is 4.43. The Labute approximate surface area is 148 Å². The summed E-state index contributed by atoms with van der Waals surface area (Å²) in [7, 11) is 0. The van der Waals surface area contributed by atoms with Crippen LogP contribution in [0.15, 0.2) is 12.1 Å². The van der Waals surface area contributed by atoms with Crippen molar-refractivity contribution in [3.05, 3.63) is 28.8 Å². The standard InChI is InChI=1S/C21H34N2O/c1-4-10-23-13-9-18-14-19(16-22-11-7-6-8-12-22)21(24-5-2)15-20(18)17(23)3/h14-15,17H,4-13,16H2,1-3H3. The zero-order valence-corrected chi connectivity index (χ0v) is 15.8. The number of benzene rings is 1. The molecular weight excluding hydrogens is 296 g/mol. The van der Waals surface area contributed by atoms with Crippen molar-refractivity contribution in [2.75, 3.05) is 32.8 Å². The van der Waals surface area contributed by atoms with E-state index in [1.165, 1.54) is 69.4 Å². The predicted molar refractivity (Wildman–Crippen MR) is 101 cm³/mol. The summed E-state index contributed by atoms with van der Waals surface area (Å²) >= 11 is 0. The minimum absolute atomic E-state index is 0.511. The fraction of sp³-hybridized carbons (Fsp3) is 0.714. The summed E-state index contributed by atoms with van der Waals surface area (Å²) < 4.78 is 6.04. The van der Waals surface area contributed by atoms with Crippen LogP contribution in [0.2, 0.25) is 0 Å². The molecule has 1 fully saturated rings. The van der Waals surface area contributed by atoms with Gasteiger partial charge in [0.2, 0.25) is 0 Å². The van der Waals surface area contributed by atoms with E-state index in [1.807, 2.05) is 0 Å². The molecule has 2 aliphatic rings. The lowest BCUT2D eigenvalue weighted by molar-refractivity contribution is 0.197. The molecular formula is C21H34N2O. The fourth-order valence-corrected chi connectivity index (χ4v) is 4.32. The van der Waals surface area contributed by atoms with Crippen molar-refractivity contribution >= 4 is 0 Å². The van der Waals surface area contributed by atoms with E-state index in [2.05, 4.69) is 42.7 Å². The quantitative estimate of drug-likeness (QED) is 0.769. The monoisotopic (exact) mass is 330 g/mol. The van der Waals surface area contributed by atoms with E-state index in [0.717, 1.165) is 18.9 Å². The molecule has 0 bridgehead atoms. The highest BCUT2D eigenvalue weighted by Crippen LogP contribution is 2.35. The lowest BCUT2D eigenvalue weighted by Gasteiger charge is -2.36. The number of hydrogen-bond acceptors (Lipinski definition) is 3. The van der Waals surface area contributed by atoms with Gasteiger partial charge in [-0.2, -0.15) is 0 Å².